The zero-order chi connectivity index (χ0) is 11.5. The molecule has 0 spiro atoms. The highest BCUT2D eigenvalue weighted by molar-refractivity contribution is 5.32. The number of nitrogens with two attached hydrogens (primary N) is 1. The topological polar surface area (TPSA) is 51.8 Å². The van der Waals surface area contributed by atoms with E-state index in [2.05, 4.69) is 10.2 Å². The van der Waals surface area contributed by atoms with Gasteiger partial charge in [0.25, 0.3) is 0 Å². The maximum atomic E-state index is 13.2. The van der Waals surface area contributed by atoms with Crippen LogP contribution in [0.2, 0.25) is 0 Å². The summed E-state index contributed by atoms with van der Waals surface area (Å²) in [6.45, 7) is 1.84. The minimum absolute atomic E-state index is 0.271. The molecule has 2 rings (SSSR count). The van der Waals surface area contributed by atoms with Gasteiger partial charge in [-0.05, 0) is 41.8 Å². The van der Waals surface area contributed by atoms with E-state index >= 15 is 0 Å². The Hall–Kier alpha value is -1.81. The van der Waals surface area contributed by atoms with Crippen LogP contribution >= 0.6 is 0 Å². The van der Waals surface area contributed by atoms with Crippen molar-refractivity contribution in [1.29, 1.82) is 0 Å². The molecule has 0 saturated heterocycles. The smallest absolute Gasteiger partial charge is 0.123 e. The molecule has 2 N–H and O–H groups in total. The third kappa shape index (κ3) is 2.23. The first-order chi connectivity index (χ1) is 7.66. The normalized spacial score (nSPS) is 12.4. The number of aromatic nitrogens is 2. The lowest BCUT2D eigenvalue weighted by molar-refractivity contribution is 0.622. The minimum atomic E-state index is -0.370. The first-order valence-electron chi connectivity index (χ1n) is 4.96. The second-order valence-electron chi connectivity index (χ2n) is 3.72. The SMILES string of the molecule is Cc1cc(F)cc(C(N)c2ccnnc2)c1. The van der Waals surface area contributed by atoms with Crippen molar-refractivity contribution in [2.45, 2.75) is 13.0 Å². The van der Waals surface area contributed by atoms with Crippen LogP contribution in [0, 0.1) is 12.7 Å². The average molecular weight is 217 g/mol. The number of hydrogen-bond donors (Lipinski definition) is 1. The fourth-order valence-electron chi connectivity index (χ4n) is 1.62. The van der Waals surface area contributed by atoms with Crippen LogP contribution in [-0.4, -0.2) is 10.2 Å². The molecule has 1 heterocycles. The molecular formula is C12H12FN3. The van der Waals surface area contributed by atoms with Crippen molar-refractivity contribution >= 4 is 0 Å². The fourth-order valence-corrected chi connectivity index (χ4v) is 1.62. The number of aryl methyl sites for hydroxylation is 1. The van der Waals surface area contributed by atoms with Crippen LogP contribution < -0.4 is 5.73 Å². The number of benzene rings is 1. The molecule has 0 aliphatic rings. The van der Waals surface area contributed by atoms with Crippen LogP contribution in [-0.2, 0) is 0 Å². The third-order valence-corrected chi connectivity index (χ3v) is 2.39. The van der Waals surface area contributed by atoms with Crippen molar-refractivity contribution in [3.63, 3.8) is 0 Å². The van der Waals surface area contributed by atoms with Gasteiger partial charge < -0.3 is 5.73 Å². The zero-order valence-corrected chi connectivity index (χ0v) is 8.89. The molecule has 2 aromatic rings. The van der Waals surface area contributed by atoms with Gasteiger partial charge in [-0.1, -0.05) is 6.07 Å². The fraction of sp³-hybridized carbons (Fsp3) is 0.167. The summed E-state index contributed by atoms with van der Waals surface area (Å²) >= 11 is 0. The highest BCUT2D eigenvalue weighted by atomic mass is 19.1. The summed E-state index contributed by atoms with van der Waals surface area (Å²) in [5.74, 6) is -0.271. The van der Waals surface area contributed by atoms with Gasteiger partial charge in [0.2, 0.25) is 0 Å². The van der Waals surface area contributed by atoms with Gasteiger partial charge in [0.15, 0.2) is 0 Å². The highest BCUT2D eigenvalue weighted by Gasteiger charge is 2.10. The third-order valence-electron chi connectivity index (χ3n) is 2.39. The molecule has 1 unspecified atom stereocenters. The van der Waals surface area contributed by atoms with Crippen molar-refractivity contribution in [3.8, 4) is 0 Å². The maximum absolute atomic E-state index is 13.2. The Morgan fingerprint density at radius 2 is 2.00 bits per heavy atom. The van der Waals surface area contributed by atoms with Gasteiger partial charge in [-0.2, -0.15) is 10.2 Å². The van der Waals surface area contributed by atoms with Gasteiger partial charge in [-0.3, -0.25) is 0 Å². The molecule has 0 aliphatic heterocycles. The molecule has 1 aromatic heterocycles. The van der Waals surface area contributed by atoms with E-state index in [4.69, 9.17) is 5.73 Å². The van der Waals surface area contributed by atoms with E-state index in [1.165, 1.54) is 12.1 Å². The van der Waals surface area contributed by atoms with Crippen molar-refractivity contribution in [2.75, 3.05) is 0 Å². The monoisotopic (exact) mass is 217 g/mol. The number of hydrogen-bond acceptors (Lipinski definition) is 3. The summed E-state index contributed by atoms with van der Waals surface area (Å²) in [6.07, 6.45) is 3.16. The van der Waals surface area contributed by atoms with Crippen LogP contribution in [0.1, 0.15) is 22.7 Å². The van der Waals surface area contributed by atoms with Crippen LogP contribution in [0.15, 0.2) is 36.7 Å². The molecule has 82 valence electrons. The summed E-state index contributed by atoms with van der Waals surface area (Å²) in [4.78, 5) is 0. The van der Waals surface area contributed by atoms with E-state index in [9.17, 15) is 4.39 Å². The van der Waals surface area contributed by atoms with Gasteiger partial charge >= 0.3 is 0 Å². The van der Waals surface area contributed by atoms with E-state index in [-0.39, 0.29) is 11.9 Å². The second kappa shape index (κ2) is 4.37. The predicted octanol–water partition coefficient (Wildman–Crippen LogP) is 1.97. The molecular weight excluding hydrogens is 205 g/mol. The van der Waals surface area contributed by atoms with Crippen molar-refractivity contribution in [1.82, 2.24) is 10.2 Å². The Balaban J connectivity index is 2.37. The Labute approximate surface area is 93.1 Å². The quantitative estimate of drug-likeness (QED) is 0.836. The molecule has 4 heteroatoms. The van der Waals surface area contributed by atoms with Crippen molar-refractivity contribution < 1.29 is 4.39 Å². The number of nitrogens with zero attached hydrogens (tertiary/aromatic N) is 2. The second-order valence-corrected chi connectivity index (χ2v) is 3.72. The number of rotatable bonds is 2. The van der Waals surface area contributed by atoms with Gasteiger partial charge in [-0.25, -0.2) is 4.39 Å². The summed E-state index contributed by atoms with van der Waals surface area (Å²) in [5.41, 5.74) is 8.43. The lowest BCUT2D eigenvalue weighted by atomic mass is 10.00. The summed E-state index contributed by atoms with van der Waals surface area (Å²) in [5, 5.41) is 7.43. The summed E-state index contributed by atoms with van der Waals surface area (Å²) in [6, 6.07) is 6.19. The Morgan fingerprint density at radius 3 is 2.62 bits per heavy atom. The Bertz CT molecular complexity index is 465. The minimum Gasteiger partial charge on any atom is -0.320 e. The van der Waals surface area contributed by atoms with Crippen LogP contribution in [0.4, 0.5) is 4.39 Å². The molecule has 1 aromatic carbocycles. The molecule has 1 atom stereocenters. The highest BCUT2D eigenvalue weighted by Crippen LogP contribution is 2.20. The van der Waals surface area contributed by atoms with Gasteiger partial charge in [0.05, 0.1) is 12.2 Å². The Kier molecular flexibility index (Phi) is 2.92. The molecule has 0 fully saturated rings. The lowest BCUT2D eigenvalue weighted by Crippen LogP contribution is -2.12. The molecule has 0 amide bonds. The maximum Gasteiger partial charge on any atom is 0.123 e. The van der Waals surface area contributed by atoms with Crippen molar-refractivity contribution in [3.05, 3.63) is 59.2 Å². The van der Waals surface area contributed by atoms with Crippen LogP contribution in [0.25, 0.3) is 0 Å². The van der Waals surface area contributed by atoms with Gasteiger partial charge in [0, 0.05) is 6.20 Å². The number of halogens is 1. The molecule has 0 aliphatic carbocycles. The van der Waals surface area contributed by atoms with E-state index in [0.29, 0.717) is 0 Å². The van der Waals surface area contributed by atoms with Crippen LogP contribution in [0.5, 0.6) is 0 Å². The van der Waals surface area contributed by atoms with E-state index in [1.54, 1.807) is 18.5 Å². The summed E-state index contributed by atoms with van der Waals surface area (Å²) in [7, 11) is 0. The standard InChI is InChI=1S/C12H12FN3/c1-8-4-10(6-11(13)5-8)12(14)9-2-3-15-16-7-9/h2-7,12H,14H2,1H3. The zero-order valence-electron chi connectivity index (χ0n) is 8.89. The average Bonchev–Trinajstić information content (AvgIpc) is 2.28. The first-order valence-corrected chi connectivity index (χ1v) is 4.96. The largest absolute Gasteiger partial charge is 0.320 e. The van der Waals surface area contributed by atoms with E-state index in [1.807, 2.05) is 13.0 Å². The lowest BCUT2D eigenvalue weighted by Gasteiger charge is -2.12. The molecule has 0 saturated carbocycles. The molecule has 0 radical (unpaired) electrons. The summed E-state index contributed by atoms with van der Waals surface area (Å²) < 4.78 is 13.2. The van der Waals surface area contributed by atoms with Gasteiger partial charge in [-0.15, -0.1) is 0 Å². The van der Waals surface area contributed by atoms with E-state index in [0.717, 1.165) is 16.7 Å². The molecule has 16 heavy (non-hydrogen) atoms. The van der Waals surface area contributed by atoms with E-state index < -0.39 is 0 Å². The van der Waals surface area contributed by atoms with Gasteiger partial charge in [0.1, 0.15) is 5.82 Å². The predicted molar refractivity (Wildman–Crippen MR) is 59.2 cm³/mol. The molecule has 3 nitrogen and oxygen atoms in total. The van der Waals surface area contributed by atoms with Crippen molar-refractivity contribution in [2.24, 2.45) is 5.73 Å². The molecule has 0 bridgehead atoms. The van der Waals surface area contributed by atoms with Crippen LogP contribution in [0.3, 0.4) is 0 Å². The Morgan fingerprint density at radius 1 is 1.19 bits per heavy atom. The first kappa shape index (κ1) is 10.7.